The van der Waals surface area contributed by atoms with E-state index in [-0.39, 0.29) is 11.8 Å². The molecular formula is C19H21NO3. The highest BCUT2D eigenvalue weighted by molar-refractivity contribution is 5.96. The van der Waals surface area contributed by atoms with Crippen molar-refractivity contribution in [1.82, 2.24) is 0 Å². The van der Waals surface area contributed by atoms with E-state index in [0.29, 0.717) is 17.9 Å². The highest BCUT2D eigenvalue weighted by Crippen LogP contribution is 2.43. The van der Waals surface area contributed by atoms with Gasteiger partial charge >= 0.3 is 0 Å². The third-order valence-corrected chi connectivity index (χ3v) is 4.40. The van der Waals surface area contributed by atoms with Gasteiger partial charge in [0, 0.05) is 24.1 Å². The van der Waals surface area contributed by atoms with Gasteiger partial charge in [0.15, 0.2) is 11.5 Å². The maximum Gasteiger partial charge on any atom is 0.225 e. The van der Waals surface area contributed by atoms with Gasteiger partial charge in [-0.2, -0.15) is 0 Å². The van der Waals surface area contributed by atoms with Crippen LogP contribution in [0, 0.1) is 13.8 Å². The molecule has 4 nitrogen and oxygen atoms in total. The first kappa shape index (κ1) is 15.4. The summed E-state index contributed by atoms with van der Waals surface area (Å²) in [6, 6.07) is 10.2. The molecule has 1 N–H and O–H groups in total. The van der Waals surface area contributed by atoms with E-state index < -0.39 is 0 Å². The van der Waals surface area contributed by atoms with E-state index in [1.807, 2.05) is 12.1 Å². The van der Waals surface area contributed by atoms with Crippen molar-refractivity contribution >= 4 is 11.6 Å². The number of carbonyl (C=O) groups excluding carboxylic acids is 1. The largest absolute Gasteiger partial charge is 0.493 e. The summed E-state index contributed by atoms with van der Waals surface area (Å²) in [4.78, 5) is 12.2. The quantitative estimate of drug-likeness (QED) is 0.938. The third kappa shape index (κ3) is 2.77. The smallest absolute Gasteiger partial charge is 0.225 e. The lowest BCUT2D eigenvalue weighted by Gasteiger charge is -2.28. The molecule has 0 saturated carbocycles. The van der Waals surface area contributed by atoms with Crippen LogP contribution in [-0.4, -0.2) is 20.1 Å². The van der Waals surface area contributed by atoms with Crippen molar-refractivity contribution in [2.45, 2.75) is 26.2 Å². The Hall–Kier alpha value is -2.49. The zero-order chi connectivity index (χ0) is 16.6. The van der Waals surface area contributed by atoms with Gasteiger partial charge in [-0.25, -0.2) is 0 Å². The number of aryl methyl sites for hydroxylation is 2. The van der Waals surface area contributed by atoms with Gasteiger partial charge in [0.05, 0.1) is 14.2 Å². The molecule has 1 aliphatic rings. The van der Waals surface area contributed by atoms with E-state index in [4.69, 9.17) is 9.47 Å². The fraction of sp³-hybridized carbons (Fsp3) is 0.316. The molecule has 0 radical (unpaired) electrons. The van der Waals surface area contributed by atoms with Crippen molar-refractivity contribution in [1.29, 1.82) is 0 Å². The van der Waals surface area contributed by atoms with Crippen molar-refractivity contribution in [3.8, 4) is 11.5 Å². The summed E-state index contributed by atoms with van der Waals surface area (Å²) in [5.74, 6) is 1.35. The van der Waals surface area contributed by atoms with Crippen LogP contribution in [0.3, 0.4) is 0 Å². The number of amides is 1. The van der Waals surface area contributed by atoms with E-state index in [1.54, 1.807) is 14.2 Å². The van der Waals surface area contributed by atoms with Gasteiger partial charge in [0.25, 0.3) is 0 Å². The molecule has 1 amide bonds. The van der Waals surface area contributed by atoms with E-state index in [9.17, 15) is 4.79 Å². The minimum Gasteiger partial charge on any atom is -0.493 e. The number of hydrogen-bond acceptors (Lipinski definition) is 3. The number of carbonyl (C=O) groups is 1. The Morgan fingerprint density at radius 2 is 1.70 bits per heavy atom. The molecule has 0 saturated heterocycles. The molecule has 2 aromatic carbocycles. The molecule has 1 atom stereocenters. The number of fused-ring (bicyclic) bond motifs is 1. The second kappa shape index (κ2) is 5.95. The van der Waals surface area contributed by atoms with Crippen LogP contribution in [0.2, 0.25) is 0 Å². The Morgan fingerprint density at radius 1 is 1.00 bits per heavy atom. The third-order valence-electron chi connectivity index (χ3n) is 4.40. The predicted molar refractivity (Wildman–Crippen MR) is 90.6 cm³/mol. The number of anilines is 1. The zero-order valence-corrected chi connectivity index (χ0v) is 13.9. The van der Waals surface area contributed by atoms with Crippen LogP contribution in [0.15, 0.2) is 30.3 Å². The summed E-state index contributed by atoms with van der Waals surface area (Å²) in [6.07, 6.45) is 0.437. The zero-order valence-electron chi connectivity index (χ0n) is 13.9. The summed E-state index contributed by atoms with van der Waals surface area (Å²) in [5, 5.41) is 2.95. The van der Waals surface area contributed by atoms with Crippen molar-refractivity contribution < 1.29 is 14.3 Å². The van der Waals surface area contributed by atoms with Gasteiger partial charge in [-0.3, -0.25) is 4.79 Å². The highest BCUT2D eigenvalue weighted by atomic mass is 16.5. The number of hydrogen-bond donors (Lipinski definition) is 1. The van der Waals surface area contributed by atoms with Crippen molar-refractivity contribution in [3.63, 3.8) is 0 Å². The molecule has 1 aliphatic heterocycles. The first-order valence-corrected chi connectivity index (χ1v) is 7.66. The summed E-state index contributed by atoms with van der Waals surface area (Å²) >= 11 is 0. The SMILES string of the molecule is COc1cc2c(cc1OC)[C@H](c1cc(C)ccc1C)CC(=O)N2. The summed E-state index contributed by atoms with van der Waals surface area (Å²) in [5.41, 5.74) is 5.43. The van der Waals surface area contributed by atoms with Gasteiger partial charge in [0.1, 0.15) is 0 Å². The minimum atomic E-state index is 0.0237. The molecule has 3 rings (SSSR count). The standard InChI is InChI=1S/C19H21NO3/c1-11-5-6-12(2)13(7-11)14-9-19(21)20-16-10-18(23-4)17(22-3)8-15(14)16/h5-8,10,14H,9H2,1-4H3,(H,20,21)/t14-/m0/s1. The van der Waals surface area contributed by atoms with Crippen LogP contribution in [-0.2, 0) is 4.79 Å². The van der Waals surface area contributed by atoms with Crippen LogP contribution >= 0.6 is 0 Å². The number of benzene rings is 2. The van der Waals surface area contributed by atoms with Gasteiger partial charge < -0.3 is 14.8 Å². The van der Waals surface area contributed by atoms with Crippen molar-refractivity contribution in [2.75, 3.05) is 19.5 Å². The molecule has 120 valence electrons. The summed E-state index contributed by atoms with van der Waals surface area (Å²) in [7, 11) is 3.22. The predicted octanol–water partition coefficient (Wildman–Crippen LogP) is 3.79. The van der Waals surface area contributed by atoms with Crippen molar-refractivity contribution in [2.24, 2.45) is 0 Å². The molecule has 4 heteroatoms. The fourth-order valence-electron chi connectivity index (χ4n) is 3.20. The Labute approximate surface area is 136 Å². The molecular weight excluding hydrogens is 290 g/mol. The Morgan fingerprint density at radius 3 is 2.39 bits per heavy atom. The monoisotopic (exact) mass is 311 g/mol. The molecule has 0 unspecified atom stereocenters. The van der Waals surface area contributed by atoms with E-state index in [1.165, 1.54) is 16.7 Å². The van der Waals surface area contributed by atoms with Gasteiger partial charge in [0.2, 0.25) is 5.91 Å². The second-order valence-electron chi connectivity index (χ2n) is 5.96. The lowest BCUT2D eigenvalue weighted by molar-refractivity contribution is -0.116. The van der Waals surface area contributed by atoms with Crippen LogP contribution in [0.25, 0.3) is 0 Å². The fourth-order valence-corrected chi connectivity index (χ4v) is 3.20. The topological polar surface area (TPSA) is 47.6 Å². The average Bonchev–Trinajstić information content (AvgIpc) is 2.55. The Balaban J connectivity index is 2.18. The molecule has 0 aromatic heterocycles. The van der Waals surface area contributed by atoms with Crippen molar-refractivity contribution in [3.05, 3.63) is 52.6 Å². The Bertz CT molecular complexity index is 767. The average molecular weight is 311 g/mol. The molecule has 0 aliphatic carbocycles. The van der Waals surface area contributed by atoms with Gasteiger partial charge in [-0.15, -0.1) is 0 Å². The van der Waals surface area contributed by atoms with Crippen LogP contribution in [0.4, 0.5) is 5.69 Å². The molecule has 2 aromatic rings. The van der Waals surface area contributed by atoms with E-state index in [0.717, 1.165) is 11.3 Å². The maximum absolute atomic E-state index is 12.2. The highest BCUT2D eigenvalue weighted by Gasteiger charge is 2.29. The summed E-state index contributed by atoms with van der Waals surface area (Å²) in [6.45, 7) is 4.16. The normalized spacial score (nSPS) is 16.5. The number of ether oxygens (including phenoxy) is 2. The first-order valence-electron chi connectivity index (χ1n) is 7.66. The first-order chi connectivity index (χ1) is 11.0. The van der Waals surface area contributed by atoms with Crippen LogP contribution < -0.4 is 14.8 Å². The summed E-state index contributed by atoms with van der Waals surface area (Å²) < 4.78 is 10.8. The van der Waals surface area contributed by atoms with Gasteiger partial charge in [-0.1, -0.05) is 23.8 Å². The molecule has 0 spiro atoms. The lowest BCUT2D eigenvalue weighted by atomic mass is 9.82. The van der Waals surface area contributed by atoms with Crippen LogP contribution in [0.1, 0.15) is 34.6 Å². The minimum absolute atomic E-state index is 0.0237. The lowest BCUT2D eigenvalue weighted by Crippen LogP contribution is -2.24. The number of rotatable bonds is 3. The van der Waals surface area contributed by atoms with E-state index in [2.05, 4.69) is 37.4 Å². The maximum atomic E-state index is 12.2. The number of nitrogens with one attached hydrogen (secondary N) is 1. The number of methoxy groups -OCH3 is 2. The van der Waals surface area contributed by atoms with Gasteiger partial charge in [-0.05, 0) is 36.6 Å². The van der Waals surface area contributed by atoms with Crippen LogP contribution in [0.5, 0.6) is 11.5 Å². The second-order valence-corrected chi connectivity index (χ2v) is 5.96. The molecule has 0 fully saturated rings. The van der Waals surface area contributed by atoms with E-state index >= 15 is 0 Å². The molecule has 23 heavy (non-hydrogen) atoms. The Kier molecular flexibility index (Phi) is 3.99. The molecule has 0 bridgehead atoms. The molecule has 1 heterocycles.